The molecule has 1 nitrogen and oxygen atoms in total. The molecule has 0 bridgehead atoms. The molecule has 2 saturated carbocycles. The molecular weight excluding hydrogens is 182 g/mol. The molecule has 0 radical (unpaired) electrons. The van der Waals surface area contributed by atoms with E-state index in [-0.39, 0.29) is 0 Å². The maximum atomic E-state index is 3.91. The van der Waals surface area contributed by atoms with Crippen LogP contribution in [0.4, 0.5) is 0 Å². The summed E-state index contributed by atoms with van der Waals surface area (Å²) in [6.45, 7) is 6.37. The van der Waals surface area contributed by atoms with Gasteiger partial charge in [-0.3, -0.25) is 4.90 Å². The van der Waals surface area contributed by atoms with Crippen LogP contribution in [-0.4, -0.2) is 24.0 Å². The first-order valence-corrected chi connectivity index (χ1v) is 6.71. The average Bonchev–Trinajstić information content (AvgIpc) is 2.67. The molecule has 2 atom stereocenters. The molecule has 0 N–H and O–H groups in total. The number of piperidine rings is 1. The van der Waals surface area contributed by atoms with E-state index in [1.165, 1.54) is 45.1 Å². The molecule has 1 aliphatic heterocycles. The van der Waals surface area contributed by atoms with Gasteiger partial charge in [-0.25, -0.2) is 0 Å². The third-order valence-electron chi connectivity index (χ3n) is 5.12. The zero-order valence-corrected chi connectivity index (χ0v) is 9.75. The van der Waals surface area contributed by atoms with E-state index in [0.717, 1.165) is 23.9 Å². The molecule has 0 aromatic carbocycles. The second kappa shape index (κ2) is 3.62. The topological polar surface area (TPSA) is 3.24 Å². The summed E-state index contributed by atoms with van der Waals surface area (Å²) in [5.41, 5.74) is 0.758. The van der Waals surface area contributed by atoms with Crippen LogP contribution in [0.3, 0.4) is 0 Å². The highest BCUT2D eigenvalue weighted by molar-refractivity contribution is 5.10. The lowest BCUT2D eigenvalue weighted by Crippen LogP contribution is -2.62. The van der Waals surface area contributed by atoms with Crippen molar-refractivity contribution >= 4 is 0 Å². The van der Waals surface area contributed by atoms with Crippen molar-refractivity contribution in [1.82, 2.24) is 4.90 Å². The van der Waals surface area contributed by atoms with Gasteiger partial charge in [0.2, 0.25) is 0 Å². The molecular formula is C14H23N. The van der Waals surface area contributed by atoms with Crippen LogP contribution < -0.4 is 0 Å². The molecule has 1 heterocycles. The second-order valence-electron chi connectivity index (χ2n) is 5.90. The van der Waals surface area contributed by atoms with Gasteiger partial charge in [-0.15, -0.1) is 6.58 Å². The van der Waals surface area contributed by atoms with E-state index in [1.54, 1.807) is 6.42 Å². The molecule has 3 fully saturated rings. The van der Waals surface area contributed by atoms with Crippen molar-refractivity contribution in [2.45, 2.75) is 51.0 Å². The molecule has 84 valence electrons. The molecule has 0 aromatic heterocycles. The second-order valence-corrected chi connectivity index (χ2v) is 5.90. The predicted molar refractivity (Wildman–Crippen MR) is 63.8 cm³/mol. The van der Waals surface area contributed by atoms with Crippen molar-refractivity contribution in [3.05, 3.63) is 12.7 Å². The fourth-order valence-electron chi connectivity index (χ4n) is 4.68. The van der Waals surface area contributed by atoms with Gasteiger partial charge in [-0.05, 0) is 50.0 Å². The molecule has 2 aliphatic carbocycles. The lowest BCUT2D eigenvalue weighted by Gasteiger charge is -2.60. The average molecular weight is 205 g/mol. The Kier molecular flexibility index (Phi) is 2.39. The Labute approximate surface area is 93.5 Å². The highest BCUT2D eigenvalue weighted by Crippen LogP contribution is 2.60. The van der Waals surface area contributed by atoms with E-state index in [2.05, 4.69) is 17.6 Å². The largest absolute Gasteiger partial charge is 0.296 e. The quantitative estimate of drug-likeness (QED) is 0.626. The molecule has 1 spiro atoms. The number of hydrogen-bond acceptors (Lipinski definition) is 1. The van der Waals surface area contributed by atoms with Gasteiger partial charge < -0.3 is 0 Å². The van der Waals surface area contributed by atoms with E-state index in [1.807, 2.05) is 0 Å². The van der Waals surface area contributed by atoms with Gasteiger partial charge in [0.15, 0.2) is 0 Å². The van der Waals surface area contributed by atoms with Crippen molar-refractivity contribution < 1.29 is 0 Å². The summed E-state index contributed by atoms with van der Waals surface area (Å²) in [6.07, 6.45) is 12.6. The first-order chi connectivity index (χ1) is 7.36. The van der Waals surface area contributed by atoms with Crippen LogP contribution in [0, 0.1) is 11.3 Å². The third kappa shape index (κ3) is 1.39. The lowest BCUT2D eigenvalue weighted by atomic mass is 9.54. The molecule has 15 heavy (non-hydrogen) atoms. The molecule has 0 aromatic rings. The summed E-state index contributed by atoms with van der Waals surface area (Å²) in [6, 6.07) is 0.937. The number of fused-ring (bicyclic) bond motifs is 2. The van der Waals surface area contributed by atoms with E-state index >= 15 is 0 Å². The third-order valence-corrected chi connectivity index (χ3v) is 5.12. The number of likely N-dealkylation sites (tertiary alicyclic amines) is 1. The van der Waals surface area contributed by atoms with Crippen LogP contribution in [0.15, 0.2) is 12.7 Å². The standard InChI is InChI=1S/C14H23N/c1-2-9-15-10-5-6-12-11-14(13(12)15)7-3-4-8-14/h2,12-13H,1,3-11H2/t12-,13-/m0/s1. The van der Waals surface area contributed by atoms with Crippen molar-refractivity contribution in [2.75, 3.05) is 13.1 Å². The highest BCUT2D eigenvalue weighted by atomic mass is 15.2. The molecule has 0 unspecified atom stereocenters. The minimum absolute atomic E-state index is 0.758. The Bertz CT molecular complexity index is 252. The highest BCUT2D eigenvalue weighted by Gasteiger charge is 2.57. The van der Waals surface area contributed by atoms with Crippen LogP contribution in [0.2, 0.25) is 0 Å². The van der Waals surface area contributed by atoms with Crippen molar-refractivity contribution in [2.24, 2.45) is 11.3 Å². The van der Waals surface area contributed by atoms with Crippen LogP contribution >= 0.6 is 0 Å². The molecule has 3 rings (SSSR count). The maximum absolute atomic E-state index is 3.91. The fourth-order valence-corrected chi connectivity index (χ4v) is 4.68. The van der Waals surface area contributed by atoms with Crippen LogP contribution in [0.1, 0.15) is 44.9 Å². The van der Waals surface area contributed by atoms with E-state index in [4.69, 9.17) is 0 Å². The summed E-state index contributed by atoms with van der Waals surface area (Å²) in [5.74, 6) is 1.04. The van der Waals surface area contributed by atoms with Crippen LogP contribution in [0.25, 0.3) is 0 Å². The van der Waals surface area contributed by atoms with Gasteiger partial charge in [0, 0.05) is 12.6 Å². The summed E-state index contributed by atoms with van der Waals surface area (Å²) < 4.78 is 0. The minimum atomic E-state index is 0.758. The Morgan fingerprint density at radius 2 is 2.07 bits per heavy atom. The smallest absolute Gasteiger partial charge is 0.0183 e. The van der Waals surface area contributed by atoms with Gasteiger partial charge in [0.05, 0.1) is 0 Å². The zero-order valence-electron chi connectivity index (χ0n) is 9.75. The van der Waals surface area contributed by atoms with Crippen molar-refractivity contribution in [3.8, 4) is 0 Å². The van der Waals surface area contributed by atoms with Crippen LogP contribution in [-0.2, 0) is 0 Å². The van der Waals surface area contributed by atoms with E-state index in [9.17, 15) is 0 Å². The van der Waals surface area contributed by atoms with Crippen LogP contribution in [0.5, 0.6) is 0 Å². The summed E-state index contributed by atoms with van der Waals surface area (Å²) >= 11 is 0. The molecule has 3 aliphatic rings. The fraction of sp³-hybridized carbons (Fsp3) is 0.857. The first-order valence-electron chi connectivity index (χ1n) is 6.71. The molecule has 1 saturated heterocycles. The van der Waals surface area contributed by atoms with Gasteiger partial charge in [0.1, 0.15) is 0 Å². The van der Waals surface area contributed by atoms with Gasteiger partial charge >= 0.3 is 0 Å². The van der Waals surface area contributed by atoms with E-state index in [0.29, 0.717) is 0 Å². The number of nitrogens with zero attached hydrogens (tertiary/aromatic N) is 1. The minimum Gasteiger partial charge on any atom is -0.296 e. The number of hydrogen-bond donors (Lipinski definition) is 0. The lowest BCUT2D eigenvalue weighted by molar-refractivity contribution is -0.101. The Balaban J connectivity index is 1.77. The maximum Gasteiger partial charge on any atom is 0.0183 e. The first kappa shape index (κ1) is 9.89. The summed E-state index contributed by atoms with van der Waals surface area (Å²) in [7, 11) is 0. The van der Waals surface area contributed by atoms with Crippen molar-refractivity contribution in [1.29, 1.82) is 0 Å². The number of rotatable bonds is 2. The van der Waals surface area contributed by atoms with Gasteiger partial charge in [-0.1, -0.05) is 18.9 Å². The SMILES string of the molecule is C=CCN1CCC[C@H]2CC3(CCCC3)[C@H]21. The zero-order chi connectivity index (χ0) is 10.3. The normalized spacial score (nSPS) is 38.7. The Hall–Kier alpha value is -0.300. The van der Waals surface area contributed by atoms with Gasteiger partial charge in [0.25, 0.3) is 0 Å². The van der Waals surface area contributed by atoms with Gasteiger partial charge in [-0.2, -0.15) is 0 Å². The summed E-state index contributed by atoms with van der Waals surface area (Å²) in [5, 5.41) is 0. The molecule has 1 heteroatoms. The predicted octanol–water partition coefficient (Wildman–Crippen LogP) is 3.22. The summed E-state index contributed by atoms with van der Waals surface area (Å²) in [4.78, 5) is 2.73. The van der Waals surface area contributed by atoms with Crippen molar-refractivity contribution in [3.63, 3.8) is 0 Å². The Morgan fingerprint density at radius 3 is 2.80 bits per heavy atom. The van der Waals surface area contributed by atoms with E-state index < -0.39 is 0 Å². The Morgan fingerprint density at radius 1 is 1.27 bits per heavy atom. The monoisotopic (exact) mass is 205 g/mol. The molecule has 0 amide bonds.